The summed E-state index contributed by atoms with van der Waals surface area (Å²) in [6.07, 6.45) is 2.14. The Kier molecular flexibility index (Phi) is 6.88. The van der Waals surface area contributed by atoms with Gasteiger partial charge in [0.05, 0.1) is 5.56 Å². The largest absolute Gasteiger partial charge is 0.352 e. The number of carbonyl (C=O) groups is 1. The Hall–Kier alpha value is -0.960. The van der Waals surface area contributed by atoms with Crippen molar-refractivity contribution in [2.75, 3.05) is 12.3 Å². The van der Waals surface area contributed by atoms with Crippen LogP contribution in [0.15, 0.2) is 29.2 Å². The summed E-state index contributed by atoms with van der Waals surface area (Å²) in [4.78, 5) is 13.2. The second kappa shape index (κ2) is 8.20. The molecular formula is C15H23NOS. The van der Waals surface area contributed by atoms with Crippen LogP contribution in [0.4, 0.5) is 0 Å². The van der Waals surface area contributed by atoms with Crippen LogP contribution in [0.3, 0.4) is 0 Å². The molecule has 0 atom stereocenters. The smallest absolute Gasteiger partial charge is 0.252 e. The number of amides is 1. The van der Waals surface area contributed by atoms with Crippen molar-refractivity contribution in [3.8, 4) is 0 Å². The van der Waals surface area contributed by atoms with E-state index >= 15 is 0 Å². The predicted molar refractivity (Wildman–Crippen MR) is 79.2 cm³/mol. The van der Waals surface area contributed by atoms with Gasteiger partial charge in [-0.15, -0.1) is 11.8 Å². The number of hydrogen-bond donors (Lipinski definition) is 1. The maximum absolute atomic E-state index is 12.1. The van der Waals surface area contributed by atoms with Crippen LogP contribution >= 0.6 is 11.8 Å². The molecule has 0 aliphatic heterocycles. The monoisotopic (exact) mass is 265 g/mol. The van der Waals surface area contributed by atoms with Gasteiger partial charge in [0, 0.05) is 11.4 Å². The molecule has 3 heteroatoms. The zero-order chi connectivity index (χ0) is 13.4. The van der Waals surface area contributed by atoms with E-state index in [1.807, 2.05) is 24.3 Å². The number of hydrogen-bond acceptors (Lipinski definition) is 2. The average Bonchev–Trinajstić information content (AvgIpc) is 2.36. The number of carbonyl (C=O) groups excluding carboxylic acids is 1. The van der Waals surface area contributed by atoms with Crippen LogP contribution in [0.1, 0.15) is 44.0 Å². The highest BCUT2D eigenvalue weighted by molar-refractivity contribution is 7.99. The molecule has 0 aromatic heterocycles. The molecule has 1 aromatic carbocycles. The first-order valence-corrected chi connectivity index (χ1v) is 7.63. The van der Waals surface area contributed by atoms with Crippen molar-refractivity contribution in [1.82, 2.24) is 5.32 Å². The van der Waals surface area contributed by atoms with E-state index in [1.54, 1.807) is 11.8 Å². The molecule has 0 saturated heterocycles. The minimum atomic E-state index is 0.0508. The fraction of sp³-hybridized carbons (Fsp3) is 0.533. The van der Waals surface area contributed by atoms with Crippen LogP contribution in [-0.2, 0) is 0 Å². The Morgan fingerprint density at radius 2 is 2.06 bits per heavy atom. The molecule has 1 N–H and O–H groups in total. The third-order valence-electron chi connectivity index (χ3n) is 2.60. The van der Waals surface area contributed by atoms with Crippen molar-refractivity contribution in [2.24, 2.45) is 5.92 Å². The average molecular weight is 265 g/mol. The molecule has 0 spiro atoms. The zero-order valence-electron chi connectivity index (χ0n) is 11.5. The number of benzene rings is 1. The Morgan fingerprint density at radius 1 is 1.33 bits per heavy atom. The maximum Gasteiger partial charge on any atom is 0.252 e. The van der Waals surface area contributed by atoms with E-state index in [4.69, 9.17) is 0 Å². The molecule has 0 radical (unpaired) electrons. The van der Waals surface area contributed by atoms with Crippen molar-refractivity contribution in [3.05, 3.63) is 29.8 Å². The van der Waals surface area contributed by atoms with Gasteiger partial charge in [-0.2, -0.15) is 0 Å². The van der Waals surface area contributed by atoms with Crippen LogP contribution in [-0.4, -0.2) is 18.2 Å². The van der Waals surface area contributed by atoms with E-state index in [9.17, 15) is 4.79 Å². The summed E-state index contributed by atoms with van der Waals surface area (Å²) >= 11 is 1.75. The molecule has 100 valence electrons. The van der Waals surface area contributed by atoms with Gasteiger partial charge in [0.15, 0.2) is 0 Å². The second-order valence-corrected chi connectivity index (χ2v) is 5.92. The SMILES string of the molecule is CCCSc1ccccc1C(=O)NCCC(C)C. The first kappa shape index (κ1) is 15.1. The lowest BCUT2D eigenvalue weighted by Crippen LogP contribution is -2.25. The molecule has 1 aromatic rings. The number of nitrogens with one attached hydrogen (secondary N) is 1. The molecular weight excluding hydrogens is 242 g/mol. The molecule has 2 nitrogen and oxygen atoms in total. The summed E-state index contributed by atoms with van der Waals surface area (Å²) in [5.41, 5.74) is 0.805. The predicted octanol–water partition coefficient (Wildman–Crippen LogP) is 3.96. The van der Waals surface area contributed by atoms with Crippen LogP contribution < -0.4 is 5.32 Å². The molecule has 0 heterocycles. The highest BCUT2D eigenvalue weighted by Crippen LogP contribution is 2.23. The molecule has 1 rings (SSSR count). The first-order valence-electron chi connectivity index (χ1n) is 6.65. The van der Waals surface area contributed by atoms with Crippen molar-refractivity contribution >= 4 is 17.7 Å². The van der Waals surface area contributed by atoms with Gasteiger partial charge in [-0.1, -0.05) is 32.9 Å². The van der Waals surface area contributed by atoms with Crippen molar-refractivity contribution in [1.29, 1.82) is 0 Å². The van der Waals surface area contributed by atoms with E-state index < -0.39 is 0 Å². The molecule has 0 aliphatic rings. The molecule has 0 fully saturated rings. The number of thioether (sulfide) groups is 1. The first-order chi connectivity index (χ1) is 8.65. The minimum absolute atomic E-state index is 0.0508. The minimum Gasteiger partial charge on any atom is -0.352 e. The van der Waals surface area contributed by atoms with E-state index in [0.29, 0.717) is 5.92 Å². The lowest BCUT2D eigenvalue weighted by Gasteiger charge is -2.10. The quantitative estimate of drug-likeness (QED) is 0.756. The summed E-state index contributed by atoms with van der Waals surface area (Å²) < 4.78 is 0. The van der Waals surface area contributed by atoms with Crippen LogP contribution in [0.2, 0.25) is 0 Å². The van der Waals surface area contributed by atoms with E-state index in [2.05, 4.69) is 26.1 Å². The third kappa shape index (κ3) is 5.13. The van der Waals surface area contributed by atoms with Gasteiger partial charge in [-0.05, 0) is 36.6 Å². The summed E-state index contributed by atoms with van der Waals surface area (Å²) in [5, 5.41) is 2.99. The normalized spacial score (nSPS) is 10.7. The van der Waals surface area contributed by atoms with Gasteiger partial charge in [0.1, 0.15) is 0 Å². The van der Waals surface area contributed by atoms with Gasteiger partial charge in [-0.3, -0.25) is 4.79 Å². The molecule has 1 amide bonds. The van der Waals surface area contributed by atoms with Gasteiger partial charge in [-0.25, -0.2) is 0 Å². The van der Waals surface area contributed by atoms with Crippen LogP contribution in [0, 0.1) is 5.92 Å². The van der Waals surface area contributed by atoms with Gasteiger partial charge in [0.25, 0.3) is 5.91 Å². The summed E-state index contributed by atoms with van der Waals surface area (Å²) in [5.74, 6) is 1.72. The van der Waals surface area contributed by atoms with Crippen LogP contribution in [0.25, 0.3) is 0 Å². The fourth-order valence-corrected chi connectivity index (χ4v) is 2.48. The molecule has 0 saturated carbocycles. The Balaban J connectivity index is 2.60. The summed E-state index contributed by atoms with van der Waals surface area (Å²) in [6, 6.07) is 7.84. The maximum atomic E-state index is 12.1. The standard InChI is InChI=1S/C15H23NOS/c1-4-11-18-14-8-6-5-7-13(14)15(17)16-10-9-12(2)3/h5-8,12H,4,9-11H2,1-3H3,(H,16,17). The molecule has 18 heavy (non-hydrogen) atoms. The molecule has 0 unspecified atom stereocenters. The molecule has 0 bridgehead atoms. The van der Waals surface area contributed by atoms with Gasteiger partial charge < -0.3 is 5.32 Å². The van der Waals surface area contributed by atoms with E-state index in [1.165, 1.54) is 0 Å². The van der Waals surface area contributed by atoms with Crippen molar-refractivity contribution < 1.29 is 4.79 Å². The Morgan fingerprint density at radius 3 is 2.72 bits per heavy atom. The van der Waals surface area contributed by atoms with E-state index in [0.717, 1.165) is 35.6 Å². The van der Waals surface area contributed by atoms with Crippen molar-refractivity contribution in [2.45, 2.75) is 38.5 Å². The second-order valence-electron chi connectivity index (χ2n) is 4.78. The Labute approximate surface area is 115 Å². The summed E-state index contributed by atoms with van der Waals surface area (Å²) in [6.45, 7) is 7.23. The topological polar surface area (TPSA) is 29.1 Å². The lowest BCUT2D eigenvalue weighted by atomic mass is 10.1. The zero-order valence-corrected chi connectivity index (χ0v) is 12.3. The third-order valence-corrected chi connectivity index (χ3v) is 3.88. The fourth-order valence-electron chi connectivity index (χ4n) is 1.56. The van der Waals surface area contributed by atoms with Crippen LogP contribution in [0.5, 0.6) is 0 Å². The van der Waals surface area contributed by atoms with Gasteiger partial charge >= 0.3 is 0 Å². The highest BCUT2D eigenvalue weighted by Gasteiger charge is 2.10. The highest BCUT2D eigenvalue weighted by atomic mass is 32.2. The lowest BCUT2D eigenvalue weighted by molar-refractivity contribution is 0.0949. The number of rotatable bonds is 7. The van der Waals surface area contributed by atoms with Crippen molar-refractivity contribution in [3.63, 3.8) is 0 Å². The summed E-state index contributed by atoms with van der Waals surface area (Å²) in [7, 11) is 0. The van der Waals surface area contributed by atoms with E-state index in [-0.39, 0.29) is 5.91 Å². The Bertz CT molecular complexity index is 377. The molecule has 0 aliphatic carbocycles. The van der Waals surface area contributed by atoms with Gasteiger partial charge in [0.2, 0.25) is 0 Å².